The molecule has 1 atom stereocenters. The van der Waals surface area contributed by atoms with Gasteiger partial charge in [-0.25, -0.2) is 13.8 Å². The van der Waals surface area contributed by atoms with Crippen LogP contribution in [0.5, 0.6) is 0 Å². The van der Waals surface area contributed by atoms with Gasteiger partial charge in [0.05, 0.1) is 26.3 Å². The second kappa shape index (κ2) is 15.9. The van der Waals surface area contributed by atoms with Gasteiger partial charge in [-0.2, -0.15) is 0 Å². The number of nitrogens with one attached hydrogen (secondary N) is 1. The third-order valence-corrected chi connectivity index (χ3v) is 6.18. The van der Waals surface area contributed by atoms with E-state index in [2.05, 4.69) is 5.32 Å². The van der Waals surface area contributed by atoms with Crippen LogP contribution in [0.4, 0.5) is 8.78 Å². The average Bonchev–Trinajstić information content (AvgIpc) is 2.88. The second-order valence-corrected chi connectivity index (χ2v) is 9.44. The molecule has 1 saturated heterocycles. The lowest BCUT2D eigenvalue weighted by atomic mass is 10.2. The number of hydrogen-bond donors (Lipinski definition) is 1. The molecule has 2 aromatic carbocycles. The highest BCUT2D eigenvalue weighted by atomic mass is 19.1. The molecule has 0 saturated carbocycles. The van der Waals surface area contributed by atoms with Gasteiger partial charge in [-0.15, -0.1) is 0 Å². The minimum absolute atomic E-state index is 0.0965. The van der Waals surface area contributed by atoms with E-state index in [1.54, 1.807) is 47.3 Å². The molecule has 0 radical (unpaired) electrons. The van der Waals surface area contributed by atoms with E-state index >= 15 is 0 Å². The van der Waals surface area contributed by atoms with Crippen molar-refractivity contribution in [1.82, 2.24) is 25.1 Å². The normalized spacial score (nSPS) is 15.7. The monoisotopic (exact) mass is 547 g/mol. The van der Waals surface area contributed by atoms with Crippen molar-refractivity contribution < 1.29 is 27.9 Å². The maximum atomic E-state index is 13.7. The molecule has 1 fully saturated rings. The first-order valence-corrected chi connectivity index (χ1v) is 12.8. The van der Waals surface area contributed by atoms with Crippen molar-refractivity contribution in [3.8, 4) is 0 Å². The van der Waals surface area contributed by atoms with E-state index in [0.29, 0.717) is 12.0 Å². The molecular weight excluding hydrogens is 508 g/mol. The predicted molar refractivity (Wildman–Crippen MR) is 144 cm³/mol. The number of benzene rings is 2. The highest BCUT2D eigenvalue weighted by molar-refractivity contribution is 5.80. The Hall–Kier alpha value is -3.41. The standard InChI is InChI=1S/C20H29FN4O4.C8H10FN/c1-15(2)25-19(24(14-26)22(4)12-20(25)28)11-23(16(3)27)9-10-29-13-17-7-5-6-8-18(17)21;1-10-6-7-2-4-8(9)5-3-7/h5-8,14-15,19H,9-13H2,1-4H3;2-5,10H,6H2,1H3. The van der Waals surface area contributed by atoms with Crippen LogP contribution in [0.15, 0.2) is 48.5 Å². The van der Waals surface area contributed by atoms with Crippen LogP contribution >= 0.6 is 0 Å². The van der Waals surface area contributed by atoms with Crippen LogP contribution < -0.4 is 5.32 Å². The van der Waals surface area contributed by atoms with Gasteiger partial charge >= 0.3 is 0 Å². The SMILES string of the molecule is CC(=O)N(CCOCc1ccccc1F)CC1N(C(C)C)C(=O)CN(C)N1C=O.CNCc1ccc(F)cc1. The number of ether oxygens (including phenoxy) is 1. The van der Waals surface area contributed by atoms with Gasteiger partial charge in [0.25, 0.3) is 0 Å². The van der Waals surface area contributed by atoms with Gasteiger partial charge in [0.1, 0.15) is 17.8 Å². The molecule has 3 rings (SSSR count). The van der Waals surface area contributed by atoms with Crippen molar-refractivity contribution in [3.05, 3.63) is 71.3 Å². The molecule has 1 aliphatic heterocycles. The summed E-state index contributed by atoms with van der Waals surface area (Å²) >= 11 is 0. The lowest BCUT2D eigenvalue weighted by Gasteiger charge is -2.49. The van der Waals surface area contributed by atoms with Crippen LogP contribution in [0, 0.1) is 11.6 Å². The summed E-state index contributed by atoms with van der Waals surface area (Å²) in [6.45, 7) is 6.77. The minimum Gasteiger partial charge on any atom is -0.375 e. The van der Waals surface area contributed by atoms with Crippen molar-refractivity contribution in [3.63, 3.8) is 0 Å². The molecule has 39 heavy (non-hydrogen) atoms. The fourth-order valence-electron chi connectivity index (χ4n) is 4.19. The summed E-state index contributed by atoms with van der Waals surface area (Å²) in [6, 6.07) is 12.7. The molecule has 3 amide bonds. The summed E-state index contributed by atoms with van der Waals surface area (Å²) in [4.78, 5) is 39.4. The van der Waals surface area contributed by atoms with Gasteiger partial charge in [0.2, 0.25) is 18.2 Å². The summed E-state index contributed by atoms with van der Waals surface area (Å²) in [5, 5.41) is 5.96. The maximum Gasteiger partial charge on any atom is 0.240 e. The quantitative estimate of drug-likeness (QED) is 0.344. The Balaban J connectivity index is 0.000000446. The molecule has 1 aliphatic rings. The van der Waals surface area contributed by atoms with E-state index in [1.165, 1.54) is 35.0 Å². The summed E-state index contributed by atoms with van der Waals surface area (Å²) in [5.41, 5.74) is 1.54. The largest absolute Gasteiger partial charge is 0.375 e. The molecule has 1 unspecified atom stereocenters. The Morgan fingerprint density at radius 1 is 1.18 bits per heavy atom. The molecule has 2 aromatic rings. The molecule has 1 heterocycles. The summed E-state index contributed by atoms with van der Waals surface area (Å²) in [6.07, 6.45) is 0.0636. The summed E-state index contributed by atoms with van der Waals surface area (Å²) in [5.74, 6) is -0.826. The lowest BCUT2D eigenvalue weighted by molar-refractivity contribution is -0.183. The topological polar surface area (TPSA) is 85.4 Å². The fourth-order valence-corrected chi connectivity index (χ4v) is 4.19. The van der Waals surface area contributed by atoms with Crippen molar-refractivity contribution in [2.75, 3.05) is 40.3 Å². The van der Waals surface area contributed by atoms with Crippen LogP contribution in [0.25, 0.3) is 0 Å². The van der Waals surface area contributed by atoms with E-state index in [-0.39, 0.29) is 62.3 Å². The number of nitrogens with zero attached hydrogens (tertiary/aromatic N) is 4. The molecule has 0 aromatic heterocycles. The zero-order chi connectivity index (χ0) is 28.9. The van der Waals surface area contributed by atoms with Crippen LogP contribution in [0.3, 0.4) is 0 Å². The number of carbonyl (C=O) groups is 3. The Morgan fingerprint density at radius 2 is 1.85 bits per heavy atom. The minimum atomic E-state index is -0.603. The van der Waals surface area contributed by atoms with E-state index < -0.39 is 6.17 Å². The van der Waals surface area contributed by atoms with Gasteiger partial charge in [-0.05, 0) is 44.7 Å². The van der Waals surface area contributed by atoms with Gasteiger partial charge in [0, 0.05) is 38.7 Å². The number of halogens is 2. The van der Waals surface area contributed by atoms with Crippen molar-refractivity contribution >= 4 is 18.2 Å². The van der Waals surface area contributed by atoms with E-state index in [0.717, 1.165) is 12.1 Å². The first-order valence-electron chi connectivity index (χ1n) is 12.8. The first kappa shape index (κ1) is 31.8. The Labute approximate surface area is 229 Å². The number of rotatable bonds is 11. The second-order valence-electron chi connectivity index (χ2n) is 9.44. The first-order chi connectivity index (χ1) is 18.6. The molecule has 214 valence electrons. The van der Waals surface area contributed by atoms with Crippen LogP contribution in [0.1, 0.15) is 31.9 Å². The summed E-state index contributed by atoms with van der Waals surface area (Å²) < 4.78 is 31.5. The molecule has 1 N–H and O–H groups in total. The predicted octanol–water partition coefficient (Wildman–Crippen LogP) is 2.62. The Kier molecular flexibility index (Phi) is 12.9. The Morgan fingerprint density at radius 3 is 2.41 bits per heavy atom. The van der Waals surface area contributed by atoms with E-state index in [9.17, 15) is 23.2 Å². The molecule has 0 aliphatic carbocycles. The molecule has 11 heteroatoms. The Bertz CT molecular complexity index is 1070. The number of hydrogen-bond acceptors (Lipinski definition) is 6. The molecule has 9 nitrogen and oxygen atoms in total. The highest BCUT2D eigenvalue weighted by Crippen LogP contribution is 2.19. The zero-order valence-electron chi connectivity index (χ0n) is 23.3. The third kappa shape index (κ3) is 9.68. The third-order valence-electron chi connectivity index (χ3n) is 6.18. The molecule has 0 bridgehead atoms. The van der Waals surface area contributed by atoms with Gasteiger partial charge < -0.3 is 19.9 Å². The molecule has 0 spiro atoms. The number of likely N-dealkylation sites (N-methyl/N-ethyl adjacent to an activating group) is 1. The molecular formula is C28H39F2N5O4. The van der Waals surface area contributed by atoms with Crippen LogP contribution in [-0.2, 0) is 32.3 Å². The van der Waals surface area contributed by atoms with Crippen molar-refractivity contribution in [2.45, 2.75) is 46.1 Å². The van der Waals surface area contributed by atoms with Crippen molar-refractivity contribution in [2.24, 2.45) is 0 Å². The van der Waals surface area contributed by atoms with Crippen LogP contribution in [-0.4, -0.2) is 90.6 Å². The van der Waals surface area contributed by atoms with E-state index in [4.69, 9.17) is 4.74 Å². The fraction of sp³-hybridized carbons (Fsp3) is 0.464. The van der Waals surface area contributed by atoms with E-state index in [1.807, 2.05) is 20.9 Å². The number of hydrazine groups is 1. The van der Waals surface area contributed by atoms with Gasteiger partial charge in [-0.3, -0.25) is 19.4 Å². The summed E-state index contributed by atoms with van der Waals surface area (Å²) in [7, 11) is 3.52. The zero-order valence-corrected chi connectivity index (χ0v) is 23.3. The number of amides is 3. The number of carbonyl (C=O) groups excluding carboxylic acids is 3. The van der Waals surface area contributed by atoms with Crippen molar-refractivity contribution in [1.29, 1.82) is 0 Å². The maximum absolute atomic E-state index is 13.7. The lowest BCUT2D eigenvalue weighted by Crippen LogP contribution is -2.68. The van der Waals surface area contributed by atoms with Crippen LogP contribution in [0.2, 0.25) is 0 Å². The van der Waals surface area contributed by atoms with Gasteiger partial charge in [-0.1, -0.05) is 30.3 Å². The smallest absolute Gasteiger partial charge is 0.240 e. The average molecular weight is 548 g/mol. The highest BCUT2D eigenvalue weighted by Gasteiger charge is 2.39. The van der Waals surface area contributed by atoms with Gasteiger partial charge in [0.15, 0.2) is 0 Å².